The first kappa shape index (κ1) is 15.1. The zero-order chi connectivity index (χ0) is 14.8. The quantitative estimate of drug-likeness (QED) is 0.832. The largest absolute Gasteiger partial charge is 0.416 e. The predicted octanol–water partition coefficient (Wildman–Crippen LogP) is 4.58. The second kappa shape index (κ2) is 6.01. The lowest BCUT2D eigenvalue weighted by atomic mass is 10.2. The Morgan fingerprint density at radius 3 is 2.50 bits per heavy atom. The Morgan fingerprint density at radius 1 is 1.25 bits per heavy atom. The number of hydrogen-bond acceptors (Lipinski definition) is 4. The highest BCUT2D eigenvalue weighted by molar-refractivity contribution is 9.10. The Kier molecular flexibility index (Phi) is 4.54. The monoisotopic (exact) mass is 365 g/mol. The van der Waals surface area contributed by atoms with Crippen molar-refractivity contribution in [3.05, 3.63) is 38.5 Å². The van der Waals surface area contributed by atoms with E-state index in [9.17, 15) is 13.2 Å². The molecule has 0 unspecified atom stereocenters. The molecule has 0 aliphatic carbocycles. The Labute approximate surface area is 126 Å². The fourth-order valence-corrected chi connectivity index (χ4v) is 2.93. The van der Waals surface area contributed by atoms with Gasteiger partial charge in [-0.2, -0.15) is 13.2 Å². The minimum absolute atomic E-state index is 0.176. The number of halogens is 4. The third-order valence-corrected chi connectivity index (χ3v) is 4.17. The summed E-state index contributed by atoms with van der Waals surface area (Å²) in [5.41, 5.74) is -0.730. The van der Waals surface area contributed by atoms with E-state index < -0.39 is 11.7 Å². The number of anilines is 2. The predicted molar refractivity (Wildman–Crippen MR) is 78.1 cm³/mol. The first-order valence-corrected chi connectivity index (χ1v) is 7.29. The molecule has 0 atom stereocenters. The van der Waals surface area contributed by atoms with E-state index in [4.69, 9.17) is 0 Å². The number of thiophene rings is 1. The van der Waals surface area contributed by atoms with Gasteiger partial charge < -0.3 is 10.6 Å². The number of hydrogen-bond donors (Lipinski definition) is 2. The van der Waals surface area contributed by atoms with Crippen molar-refractivity contribution in [2.24, 2.45) is 0 Å². The second-order valence-electron chi connectivity index (χ2n) is 3.96. The topological polar surface area (TPSA) is 37.0 Å². The van der Waals surface area contributed by atoms with Crippen molar-refractivity contribution >= 4 is 38.9 Å². The van der Waals surface area contributed by atoms with Crippen molar-refractivity contribution in [1.29, 1.82) is 0 Å². The van der Waals surface area contributed by atoms with Crippen molar-refractivity contribution in [2.45, 2.75) is 12.7 Å². The van der Waals surface area contributed by atoms with Crippen molar-refractivity contribution < 1.29 is 13.2 Å². The molecule has 0 radical (unpaired) electrons. The first-order valence-electron chi connectivity index (χ1n) is 5.62. The maximum absolute atomic E-state index is 12.8. The Bertz CT molecular complexity index is 598. The number of aromatic nitrogens is 1. The molecule has 108 valence electrons. The van der Waals surface area contributed by atoms with Gasteiger partial charge in [-0.3, -0.25) is 0 Å². The molecule has 2 aromatic heterocycles. The summed E-state index contributed by atoms with van der Waals surface area (Å²) in [6.45, 7) is 0.424. The summed E-state index contributed by atoms with van der Waals surface area (Å²) in [6.07, 6.45) is -4.39. The molecule has 8 heteroatoms. The molecular weight excluding hydrogens is 355 g/mol. The summed E-state index contributed by atoms with van der Waals surface area (Å²) >= 11 is 4.84. The van der Waals surface area contributed by atoms with E-state index in [2.05, 4.69) is 31.5 Å². The van der Waals surface area contributed by atoms with E-state index in [-0.39, 0.29) is 11.6 Å². The summed E-state index contributed by atoms with van der Waals surface area (Å²) in [5.74, 6) is 0.364. The molecule has 2 aromatic rings. The van der Waals surface area contributed by atoms with Crippen LogP contribution in [0.1, 0.15) is 10.4 Å². The molecule has 20 heavy (non-hydrogen) atoms. The summed E-state index contributed by atoms with van der Waals surface area (Å²) < 4.78 is 39.2. The smallest absolute Gasteiger partial charge is 0.373 e. The van der Waals surface area contributed by atoms with Crippen LogP contribution in [0.2, 0.25) is 0 Å². The van der Waals surface area contributed by atoms with Crippen LogP contribution in [0.5, 0.6) is 0 Å². The summed E-state index contributed by atoms with van der Waals surface area (Å²) in [6, 6.07) is 3.89. The van der Waals surface area contributed by atoms with Gasteiger partial charge in [0.05, 0.1) is 12.1 Å². The first-order chi connectivity index (χ1) is 9.38. The van der Waals surface area contributed by atoms with Gasteiger partial charge in [-0.05, 0) is 34.1 Å². The van der Waals surface area contributed by atoms with Crippen LogP contribution in [0.15, 0.2) is 28.1 Å². The van der Waals surface area contributed by atoms with E-state index in [0.29, 0.717) is 6.54 Å². The highest BCUT2D eigenvalue weighted by atomic mass is 79.9. The molecular formula is C12H11BrF3N3S. The second-order valence-corrected chi connectivity index (χ2v) is 5.87. The standard InChI is InChI=1S/C12H11BrF3N3S/c1-17-10-2-7(12(14,15)16)3-11(19-10)18-5-9-4-8(13)6-20-9/h2-4,6H,5H2,1H3,(H2,17,18,19). The number of nitrogens with one attached hydrogen (secondary N) is 2. The molecule has 0 bridgehead atoms. The van der Waals surface area contributed by atoms with Gasteiger partial charge in [-0.15, -0.1) is 11.3 Å². The Balaban J connectivity index is 2.18. The normalized spacial score (nSPS) is 11.4. The maximum Gasteiger partial charge on any atom is 0.416 e. The van der Waals surface area contributed by atoms with Crippen molar-refractivity contribution in [1.82, 2.24) is 4.98 Å². The van der Waals surface area contributed by atoms with Gasteiger partial charge in [-0.25, -0.2) is 4.98 Å². The van der Waals surface area contributed by atoms with E-state index in [0.717, 1.165) is 21.5 Å². The number of rotatable bonds is 4. The average Bonchev–Trinajstić information content (AvgIpc) is 2.81. The zero-order valence-corrected chi connectivity index (χ0v) is 12.8. The molecule has 0 aliphatic rings. The van der Waals surface area contributed by atoms with Crippen molar-refractivity contribution in [2.75, 3.05) is 17.7 Å². The van der Waals surface area contributed by atoms with Crippen LogP contribution < -0.4 is 10.6 Å². The summed E-state index contributed by atoms with van der Waals surface area (Å²) in [4.78, 5) is 5.06. The van der Waals surface area contributed by atoms with Gasteiger partial charge in [-0.1, -0.05) is 0 Å². The molecule has 0 aromatic carbocycles. The molecule has 0 saturated carbocycles. The lowest BCUT2D eigenvalue weighted by Crippen LogP contribution is -2.09. The molecule has 3 nitrogen and oxygen atoms in total. The third-order valence-electron chi connectivity index (χ3n) is 2.47. The van der Waals surface area contributed by atoms with Crippen LogP contribution in [0.25, 0.3) is 0 Å². The maximum atomic E-state index is 12.8. The molecule has 0 amide bonds. The minimum atomic E-state index is -4.39. The molecule has 0 spiro atoms. The molecule has 0 saturated heterocycles. The minimum Gasteiger partial charge on any atom is -0.373 e. The van der Waals surface area contributed by atoms with E-state index in [1.165, 1.54) is 18.4 Å². The van der Waals surface area contributed by atoms with Gasteiger partial charge >= 0.3 is 6.18 Å². The van der Waals surface area contributed by atoms with E-state index in [1.54, 1.807) is 0 Å². The van der Waals surface area contributed by atoms with Crippen LogP contribution >= 0.6 is 27.3 Å². The van der Waals surface area contributed by atoms with Crippen molar-refractivity contribution in [3.8, 4) is 0 Å². The third kappa shape index (κ3) is 3.86. The molecule has 0 fully saturated rings. The molecule has 2 N–H and O–H groups in total. The number of pyridine rings is 1. The highest BCUT2D eigenvalue weighted by Gasteiger charge is 2.31. The van der Waals surface area contributed by atoms with Gasteiger partial charge in [0.1, 0.15) is 11.6 Å². The van der Waals surface area contributed by atoms with Crippen molar-refractivity contribution in [3.63, 3.8) is 0 Å². The summed E-state index contributed by atoms with van der Waals surface area (Å²) in [7, 11) is 1.53. The van der Waals surface area contributed by atoms with Gasteiger partial charge in [0, 0.05) is 21.8 Å². The van der Waals surface area contributed by atoms with Crippen LogP contribution in [-0.4, -0.2) is 12.0 Å². The number of nitrogens with zero attached hydrogens (tertiary/aromatic N) is 1. The van der Waals surface area contributed by atoms with Crippen LogP contribution in [-0.2, 0) is 12.7 Å². The van der Waals surface area contributed by atoms with E-state index >= 15 is 0 Å². The molecule has 2 heterocycles. The van der Waals surface area contributed by atoms with Crippen LogP contribution in [0, 0.1) is 0 Å². The fourth-order valence-electron chi connectivity index (χ4n) is 1.54. The lowest BCUT2D eigenvalue weighted by molar-refractivity contribution is -0.137. The van der Waals surface area contributed by atoms with Gasteiger partial charge in [0.2, 0.25) is 0 Å². The van der Waals surface area contributed by atoms with Crippen LogP contribution in [0.3, 0.4) is 0 Å². The molecule has 2 rings (SSSR count). The lowest BCUT2D eigenvalue weighted by Gasteiger charge is -2.12. The van der Waals surface area contributed by atoms with Gasteiger partial charge in [0.25, 0.3) is 0 Å². The zero-order valence-electron chi connectivity index (χ0n) is 10.4. The van der Waals surface area contributed by atoms with E-state index in [1.807, 2.05) is 11.4 Å². The highest BCUT2D eigenvalue weighted by Crippen LogP contribution is 2.32. The SMILES string of the molecule is CNc1cc(C(F)(F)F)cc(NCc2cc(Br)cs2)n1. The molecule has 0 aliphatic heterocycles. The Hall–Kier alpha value is -1.28. The average molecular weight is 366 g/mol. The van der Waals surface area contributed by atoms with Crippen LogP contribution in [0.4, 0.5) is 24.8 Å². The summed E-state index contributed by atoms with van der Waals surface area (Å²) in [5, 5.41) is 7.44. The fraction of sp³-hybridized carbons (Fsp3) is 0.250. The Morgan fingerprint density at radius 2 is 1.95 bits per heavy atom. The van der Waals surface area contributed by atoms with Gasteiger partial charge in [0.15, 0.2) is 0 Å². The number of alkyl halides is 3.